The molecule has 2 aromatic carbocycles. The van der Waals surface area contributed by atoms with Crippen LogP contribution in [0.1, 0.15) is 89.2 Å². The summed E-state index contributed by atoms with van der Waals surface area (Å²) < 4.78 is 26.1. The van der Waals surface area contributed by atoms with Crippen LogP contribution in [0.25, 0.3) is 0 Å². The van der Waals surface area contributed by atoms with Crippen molar-refractivity contribution in [3.05, 3.63) is 120 Å². The molecule has 4 amide bonds. The van der Waals surface area contributed by atoms with Crippen LogP contribution in [0.5, 0.6) is 0 Å². The first-order valence-corrected chi connectivity index (χ1v) is 22.4. The lowest BCUT2D eigenvalue weighted by Gasteiger charge is -2.28. The summed E-state index contributed by atoms with van der Waals surface area (Å²) >= 11 is 0. The van der Waals surface area contributed by atoms with E-state index >= 15 is 0 Å². The largest absolute Gasteiger partial charge is 0.330 e. The summed E-state index contributed by atoms with van der Waals surface area (Å²) in [6.45, 7) is 6.85. The van der Waals surface area contributed by atoms with Crippen LogP contribution < -0.4 is 21.6 Å². The quantitative estimate of drug-likeness (QED) is 0.0463. The Labute approximate surface area is 374 Å². The number of hydrogen-bond acceptors (Lipinski definition) is 10. The number of nitrogens with zero attached hydrogens (tertiary/aromatic N) is 4. The highest BCUT2D eigenvalue weighted by molar-refractivity contribution is 5.98. The minimum absolute atomic E-state index is 0.0426. The minimum Gasteiger partial charge on any atom is -0.330 e. The topological polar surface area (TPSA) is 167 Å². The highest BCUT2D eigenvalue weighted by Crippen LogP contribution is 2.25. The summed E-state index contributed by atoms with van der Waals surface area (Å²) in [5.41, 5.74) is 7.97. The maximum atomic E-state index is 13.3. The molecule has 0 aliphatic carbocycles. The average molecular weight is 885 g/mol. The number of amides is 4. The molecule has 344 valence electrons. The van der Waals surface area contributed by atoms with Crippen LogP contribution >= 0.6 is 0 Å². The van der Waals surface area contributed by atoms with Crippen LogP contribution in [0, 0.1) is 23.5 Å². The Kier molecular flexibility index (Phi) is 20.7. The Hall–Kier alpha value is -5.68. The third-order valence-corrected chi connectivity index (χ3v) is 11.2. The van der Waals surface area contributed by atoms with E-state index in [1.807, 2.05) is 60.7 Å². The molecule has 0 spiro atoms. The fourth-order valence-electron chi connectivity index (χ4n) is 7.66. The summed E-state index contributed by atoms with van der Waals surface area (Å²) in [6.07, 6.45) is 10.1. The van der Waals surface area contributed by atoms with Gasteiger partial charge in [-0.25, -0.2) is 29.7 Å². The second kappa shape index (κ2) is 26.8. The van der Waals surface area contributed by atoms with Gasteiger partial charge in [-0.3, -0.25) is 28.9 Å². The van der Waals surface area contributed by atoms with Crippen molar-refractivity contribution < 1.29 is 37.6 Å². The van der Waals surface area contributed by atoms with Crippen LogP contribution in [-0.2, 0) is 42.1 Å². The first kappa shape index (κ1) is 49.3. The molecule has 2 aromatic heterocycles. The average Bonchev–Trinajstić information content (AvgIpc) is 4.02. The van der Waals surface area contributed by atoms with Crippen LogP contribution in [0.3, 0.4) is 0 Å². The molecule has 4 heterocycles. The Morgan fingerprint density at radius 2 is 1.03 bits per heavy atom. The van der Waals surface area contributed by atoms with E-state index < -0.39 is 23.7 Å². The zero-order valence-electron chi connectivity index (χ0n) is 36.9. The Morgan fingerprint density at radius 3 is 1.39 bits per heavy atom. The molecule has 0 bridgehead atoms. The van der Waals surface area contributed by atoms with Gasteiger partial charge in [0.15, 0.2) is 0 Å². The number of anilines is 2. The predicted molar refractivity (Wildman–Crippen MR) is 240 cm³/mol. The third-order valence-electron chi connectivity index (χ3n) is 11.2. The van der Waals surface area contributed by atoms with Gasteiger partial charge >= 0.3 is 0 Å². The van der Waals surface area contributed by atoms with Gasteiger partial charge in [-0.2, -0.15) is 0 Å². The Balaban J connectivity index is 0.000000241. The van der Waals surface area contributed by atoms with E-state index in [2.05, 4.69) is 45.4 Å². The second-order valence-corrected chi connectivity index (χ2v) is 16.0. The predicted octanol–water partition coefficient (Wildman–Crippen LogP) is 7.36. The summed E-state index contributed by atoms with van der Waals surface area (Å²) in [5, 5.41) is 5.40. The number of hydroxylamine groups is 2. The highest BCUT2D eigenvalue weighted by Gasteiger charge is 2.38. The normalized spacial score (nSPS) is 16.7. The minimum atomic E-state index is -0.552. The second-order valence-electron chi connectivity index (χ2n) is 16.0. The van der Waals surface area contributed by atoms with Gasteiger partial charge in [-0.15, -0.1) is 0 Å². The lowest BCUT2D eigenvalue weighted by atomic mass is 10.00. The van der Waals surface area contributed by atoms with E-state index in [4.69, 9.17) is 9.68 Å². The van der Waals surface area contributed by atoms with Crippen LogP contribution in [-0.4, -0.2) is 81.7 Å². The van der Waals surface area contributed by atoms with Gasteiger partial charge in [0.2, 0.25) is 23.6 Å². The number of carbonyl (C=O) groups is 4. The van der Waals surface area contributed by atoms with E-state index in [0.29, 0.717) is 52.2 Å². The number of likely N-dealkylation sites (tertiary alicyclic amines) is 2. The van der Waals surface area contributed by atoms with Crippen LogP contribution in [0.4, 0.5) is 20.4 Å². The fourth-order valence-corrected chi connectivity index (χ4v) is 7.66. The van der Waals surface area contributed by atoms with E-state index in [-0.39, 0.29) is 47.1 Å². The van der Waals surface area contributed by atoms with Crippen molar-refractivity contribution in [1.29, 1.82) is 0 Å². The van der Waals surface area contributed by atoms with Gasteiger partial charge in [0, 0.05) is 26.2 Å². The Morgan fingerprint density at radius 1 is 0.625 bits per heavy atom. The molecule has 0 unspecified atom stereocenters. The summed E-state index contributed by atoms with van der Waals surface area (Å²) in [5.74, 6) is -1.62. The SMILES string of the molecule is CCCC[C@H](CNOCc1ccccc1)C(=O)N1CCC[C@H]1C(=O)Nc1ccc(F)cn1.CCCC[C@H](CNOCc1ccccc1)C(=O)N1CCC[C@H]1C(=O)Nc1ccc(F)cn1. The van der Waals surface area contributed by atoms with Crippen molar-refractivity contribution in [3.8, 4) is 0 Å². The van der Waals surface area contributed by atoms with Crippen LogP contribution in [0.2, 0.25) is 0 Å². The van der Waals surface area contributed by atoms with Gasteiger partial charge in [-0.1, -0.05) is 100 Å². The molecular formula is C48H62F2N8O6. The molecule has 2 aliphatic heterocycles. The van der Waals surface area contributed by atoms with Gasteiger partial charge < -0.3 is 20.4 Å². The molecule has 0 saturated carbocycles. The zero-order chi connectivity index (χ0) is 45.5. The molecule has 4 aromatic rings. The van der Waals surface area contributed by atoms with Gasteiger partial charge in [-0.05, 0) is 73.9 Å². The molecule has 64 heavy (non-hydrogen) atoms. The van der Waals surface area contributed by atoms with E-state index in [0.717, 1.165) is 74.9 Å². The summed E-state index contributed by atoms with van der Waals surface area (Å²) in [6, 6.07) is 23.8. The van der Waals surface area contributed by atoms with Gasteiger partial charge in [0.1, 0.15) is 35.4 Å². The highest BCUT2D eigenvalue weighted by atomic mass is 19.1. The number of benzene rings is 2. The first-order valence-electron chi connectivity index (χ1n) is 22.4. The number of nitrogens with one attached hydrogen (secondary N) is 4. The van der Waals surface area contributed by atoms with E-state index in [1.54, 1.807) is 9.80 Å². The lowest BCUT2D eigenvalue weighted by Crippen LogP contribution is -2.47. The fraction of sp³-hybridized carbons (Fsp3) is 0.458. The summed E-state index contributed by atoms with van der Waals surface area (Å²) in [7, 11) is 0. The number of unbranched alkanes of at least 4 members (excludes halogenated alkanes) is 2. The molecule has 2 fully saturated rings. The first-order chi connectivity index (χ1) is 31.2. The molecule has 14 nitrogen and oxygen atoms in total. The number of pyridine rings is 2. The van der Waals surface area contributed by atoms with Crippen molar-refractivity contribution in [1.82, 2.24) is 30.7 Å². The third kappa shape index (κ3) is 15.8. The maximum Gasteiger partial charge on any atom is 0.248 e. The number of halogens is 2. The summed E-state index contributed by atoms with van der Waals surface area (Å²) in [4.78, 5) is 74.4. The van der Waals surface area contributed by atoms with Gasteiger partial charge in [0.05, 0.1) is 37.4 Å². The van der Waals surface area contributed by atoms with Crippen molar-refractivity contribution >= 4 is 35.3 Å². The molecule has 2 saturated heterocycles. The monoisotopic (exact) mass is 884 g/mol. The lowest BCUT2D eigenvalue weighted by molar-refractivity contribution is -0.141. The molecule has 6 rings (SSSR count). The number of carbonyl (C=O) groups excluding carboxylic acids is 4. The molecule has 4 atom stereocenters. The molecule has 0 radical (unpaired) electrons. The Bertz CT molecular complexity index is 1870. The molecular weight excluding hydrogens is 823 g/mol. The van der Waals surface area contributed by atoms with E-state index in [1.165, 1.54) is 24.3 Å². The van der Waals surface area contributed by atoms with Crippen molar-refractivity contribution in [3.63, 3.8) is 0 Å². The number of hydrogen-bond donors (Lipinski definition) is 4. The zero-order valence-corrected chi connectivity index (χ0v) is 36.9. The van der Waals surface area contributed by atoms with Crippen molar-refractivity contribution in [2.45, 2.75) is 103 Å². The van der Waals surface area contributed by atoms with Crippen molar-refractivity contribution in [2.75, 3.05) is 36.8 Å². The number of rotatable bonds is 22. The van der Waals surface area contributed by atoms with Crippen LogP contribution in [0.15, 0.2) is 97.3 Å². The van der Waals surface area contributed by atoms with Crippen molar-refractivity contribution in [2.24, 2.45) is 11.8 Å². The molecule has 16 heteroatoms. The molecule has 4 N–H and O–H groups in total. The van der Waals surface area contributed by atoms with Gasteiger partial charge in [0.25, 0.3) is 0 Å². The number of aromatic nitrogens is 2. The standard InChI is InChI=1S/2C24H31FN4O3/c2*1-2-3-10-19(15-27-32-17-18-8-5-4-6-9-18)24(31)29-14-7-11-21(29)23(30)28-22-13-12-20(25)16-26-22/h2*4-6,8-9,12-13,16,19,21,27H,2-3,7,10-11,14-15,17H2,1H3,(H,26,28,30)/t2*19-,21+/m11/s1. The molecule has 2 aliphatic rings. The van der Waals surface area contributed by atoms with E-state index in [9.17, 15) is 28.0 Å². The smallest absolute Gasteiger partial charge is 0.248 e. The maximum absolute atomic E-state index is 13.3.